The van der Waals surface area contributed by atoms with Crippen LogP contribution in [0.2, 0.25) is 0 Å². The van der Waals surface area contributed by atoms with Gasteiger partial charge in [-0.25, -0.2) is 0 Å². The van der Waals surface area contributed by atoms with E-state index in [2.05, 4.69) is 5.32 Å². The van der Waals surface area contributed by atoms with Gasteiger partial charge in [-0.1, -0.05) is 44.2 Å². The summed E-state index contributed by atoms with van der Waals surface area (Å²) >= 11 is 0. The fraction of sp³-hybridized carbons (Fsp3) is 0.364. The van der Waals surface area contributed by atoms with Gasteiger partial charge in [0.25, 0.3) is 5.69 Å². The summed E-state index contributed by atoms with van der Waals surface area (Å²) in [6.07, 6.45) is 0.780. The lowest BCUT2D eigenvalue weighted by atomic mass is 9.92. The predicted octanol–water partition coefficient (Wildman–Crippen LogP) is 3.84. The molecule has 0 saturated heterocycles. The Labute approximate surface area is 169 Å². The van der Waals surface area contributed by atoms with Crippen molar-refractivity contribution in [3.63, 3.8) is 0 Å². The first kappa shape index (κ1) is 20.5. The van der Waals surface area contributed by atoms with Gasteiger partial charge in [0.05, 0.1) is 4.92 Å². The standard InChI is InChI=1S/C22H25N3O4/c1-14(2)10-21(26)24-13-17-7-5-4-6-16(17)11-20(24)22(27)23-18-9-8-15(3)19(12-18)25(28)29/h4-9,12,14,20H,10-11,13H2,1-3H3,(H,23,27). The summed E-state index contributed by atoms with van der Waals surface area (Å²) in [5, 5.41) is 13.9. The van der Waals surface area contributed by atoms with Crippen LogP contribution in [-0.4, -0.2) is 27.7 Å². The Morgan fingerprint density at radius 2 is 1.90 bits per heavy atom. The van der Waals surface area contributed by atoms with E-state index in [-0.39, 0.29) is 23.4 Å². The molecule has 0 radical (unpaired) electrons. The van der Waals surface area contributed by atoms with Gasteiger partial charge in [-0.3, -0.25) is 19.7 Å². The highest BCUT2D eigenvalue weighted by Crippen LogP contribution is 2.27. The maximum Gasteiger partial charge on any atom is 0.274 e. The van der Waals surface area contributed by atoms with Crippen molar-refractivity contribution in [2.75, 3.05) is 5.32 Å². The van der Waals surface area contributed by atoms with Gasteiger partial charge in [-0.15, -0.1) is 0 Å². The topological polar surface area (TPSA) is 92.6 Å². The maximum atomic E-state index is 13.1. The second-order valence-corrected chi connectivity index (χ2v) is 7.86. The molecule has 1 atom stereocenters. The zero-order chi connectivity index (χ0) is 21.1. The van der Waals surface area contributed by atoms with Gasteiger partial charge in [-0.05, 0) is 30.0 Å². The number of hydrogen-bond acceptors (Lipinski definition) is 4. The third-order valence-corrected chi connectivity index (χ3v) is 5.13. The molecular weight excluding hydrogens is 370 g/mol. The number of fused-ring (bicyclic) bond motifs is 1. The smallest absolute Gasteiger partial charge is 0.274 e. The SMILES string of the molecule is Cc1ccc(NC(=O)C2Cc3ccccc3CN2C(=O)CC(C)C)cc1[N+](=O)[O-]. The molecule has 0 saturated carbocycles. The number of rotatable bonds is 5. The number of benzene rings is 2. The molecule has 3 rings (SSSR count). The predicted molar refractivity (Wildman–Crippen MR) is 110 cm³/mol. The normalized spacial score (nSPS) is 15.7. The molecule has 1 unspecified atom stereocenters. The van der Waals surface area contributed by atoms with Crippen LogP contribution in [0.4, 0.5) is 11.4 Å². The van der Waals surface area contributed by atoms with Crippen molar-refractivity contribution in [3.8, 4) is 0 Å². The number of nitro groups is 1. The molecule has 0 aromatic heterocycles. The zero-order valence-electron chi connectivity index (χ0n) is 16.8. The fourth-order valence-corrected chi connectivity index (χ4v) is 3.60. The number of aryl methyl sites for hydroxylation is 1. The molecule has 1 aliphatic rings. The lowest BCUT2D eigenvalue weighted by Gasteiger charge is -2.36. The van der Waals surface area contributed by atoms with Crippen LogP contribution in [0, 0.1) is 23.0 Å². The van der Waals surface area contributed by atoms with Crippen LogP contribution >= 0.6 is 0 Å². The Morgan fingerprint density at radius 1 is 1.21 bits per heavy atom. The quantitative estimate of drug-likeness (QED) is 0.615. The highest BCUT2D eigenvalue weighted by molar-refractivity contribution is 5.98. The van der Waals surface area contributed by atoms with Crippen molar-refractivity contribution in [3.05, 3.63) is 69.3 Å². The second-order valence-electron chi connectivity index (χ2n) is 7.86. The summed E-state index contributed by atoms with van der Waals surface area (Å²) < 4.78 is 0. The first-order chi connectivity index (χ1) is 13.8. The van der Waals surface area contributed by atoms with Crippen molar-refractivity contribution in [1.82, 2.24) is 4.90 Å². The van der Waals surface area contributed by atoms with Crippen LogP contribution in [0.1, 0.15) is 37.0 Å². The molecule has 0 fully saturated rings. The largest absolute Gasteiger partial charge is 0.326 e. The minimum atomic E-state index is -0.656. The minimum absolute atomic E-state index is 0.0514. The Morgan fingerprint density at radius 3 is 2.55 bits per heavy atom. The fourth-order valence-electron chi connectivity index (χ4n) is 3.60. The van der Waals surface area contributed by atoms with E-state index in [1.165, 1.54) is 6.07 Å². The van der Waals surface area contributed by atoms with E-state index in [0.29, 0.717) is 30.6 Å². The van der Waals surface area contributed by atoms with Gasteiger partial charge in [0, 0.05) is 36.7 Å². The number of amides is 2. The summed E-state index contributed by atoms with van der Waals surface area (Å²) in [6, 6.07) is 11.7. The summed E-state index contributed by atoms with van der Waals surface area (Å²) in [7, 11) is 0. The molecule has 1 heterocycles. The summed E-state index contributed by atoms with van der Waals surface area (Å²) in [5.74, 6) is -0.220. The number of hydrogen-bond donors (Lipinski definition) is 1. The highest BCUT2D eigenvalue weighted by atomic mass is 16.6. The molecule has 0 aliphatic carbocycles. The van der Waals surface area contributed by atoms with Crippen LogP contribution in [0.3, 0.4) is 0 Å². The van der Waals surface area contributed by atoms with Crippen LogP contribution in [0.15, 0.2) is 42.5 Å². The van der Waals surface area contributed by atoms with Gasteiger partial charge in [0.15, 0.2) is 0 Å². The number of carbonyl (C=O) groups excluding carboxylic acids is 2. The van der Waals surface area contributed by atoms with E-state index in [1.807, 2.05) is 38.1 Å². The molecule has 1 N–H and O–H groups in total. The average molecular weight is 395 g/mol. The molecule has 2 aromatic rings. The van der Waals surface area contributed by atoms with E-state index >= 15 is 0 Å². The average Bonchev–Trinajstić information content (AvgIpc) is 2.67. The van der Waals surface area contributed by atoms with Gasteiger partial charge >= 0.3 is 0 Å². The third kappa shape index (κ3) is 4.62. The lowest BCUT2D eigenvalue weighted by molar-refractivity contribution is -0.385. The molecule has 2 amide bonds. The molecule has 29 heavy (non-hydrogen) atoms. The summed E-state index contributed by atoms with van der Waals surface area (Å²) in [4.78, 5) is 38.2. The maximum absolute atomic E-state index is 13.1. The Balaban J connectivity index is 1.87. The van der Waals surface area contributed by atoms with Crippen molar-refractivity contribution in [2.45, 2.75) is 46.2 Å². The monoisotopic (exact) mass is 395 g/mol. The van der Waals surface area contributed by atoms with Crippen LogP contribution in [0.25, 0.3) is 0 Å². The molecule has 0 spiro atoms. The van der Waals surface area contributed by atoms with Crippen LogP contribution in [0.5, 0.6) is 0 Å². The molecule has 1 aliphatic heterocycles. The van der Waals surface area contributed by atoms with Gasteiger partial charge in [0.2, 0.25) is 11.8 Å². The molecule has 7 nitrogen and oxygen atoms in total. The minimum Gasteiger partial charge on any atom is -0.326 e. The van der Waals surface area contributed by atoms with E-state index in [1.54, 1.807) is 24.0 Å². The molecular formula is C22H25N3O4. The van der Waals surface area contributed by atoms with Crippen LogP contribution in [-0.2, 0) is 22.6 Å². The van der Waals surface area contributed by atoms with Gasteiger partial charge in [-0.2, -0.15) is 0 Å². The third-order valence-electron chi connectivity index (χ3n) is 5.13. The Hall–Kier alpha value is -3.22. The first-order valence-electron chi connectivity index (χ1n) is 9.68. The first-order valence-corrected chi connectivity index (χ1v) is 9.68. The number of nitro benzene ring substituents is 1. The number of carbonyl (C=O) groups is 2. The number of nitrogens with zero attached hydrogens (tertiary/aromatic N) is 2. The number of anilines is 1. The second kappa shape index (κ2) is 8.43. The van der Waals surface area contributed by atoms with Gasteiger partial charge < -0.3 is 10.2 Å². The Kier molecular flexibility index (Phi) is 5.96. The Bertz CT molecular complexity index is 955. The molecule has 152 valence electrons. The van der Waals surface area contributed by atoms with Crippen LogP contribution < -0.4 is 5.32 Å². The molecule has 2 aromatic carbocycles. The van der Waals surface area contributed by atoms with E-state index in [9.17, 15) is 19.7 Å². The van der Waals surface area contributed by atoms with Crippen molar-refractivity contribution < 1.29 is 14.5 Å². The summed E-state index contributed by atoms with van der Waals surface area (Å²) in [6.45, 7) is 5.97. The van der Waals surface area contributed by atoms with E-state index < -0.39 is 11.0 Å². The van der Waals surface area contributed by atoms with Crippen molar-refractivity contribution in [2.24, 2.45) is 5.92 Å². The van der Waals surface area contributed by atoms with Crippen molar-refractivity contribution >= 4 is 23.2 Å². The lowest BCUT2D eigenvalue weighted by Crippen LogP contribution is -2.50. The zero-order valence-corrected chi connectivity index (χ0v) is 16.8. The molecule has 0 bridgehead atoms. The highest BCUT2D eigenvalue weighted by Gasteiger charge is 2.34. The number of nitrogens with one attached hydrogen (secondary N) is 1. The molecule has 7 heteroatoms. The van der Waals surface area contributed by atoms with E-state index in [4.69, 9.17) is 0 Å². The summed E-state index contributed by atoms with van der Waals surface area (Å²) in [5.41, 5.74) is 2.90. The van der Waals surface area contributed by atoms with Gasteiger partial charge in [0.1, 0.15) is 6.04 Å². The van der Waals surface area contributed by atoms with Crippen molar-refractivity contribution in [1.29, 1.82) is 0 Å². The van der Waals surface area contributed by atoms with E-state index in [0.717, 1.165) is 11.1 Å².